The largest absolute Gasteiger partial charge is 0.491 e. The SMILES string of the molecule is O=C(c1cnco1)N1CCC2(CC1)CC(OCCOc1ccccc1)CCO2. The fraction of sp³-hybridized carbons (Fsp3) is 0.524. The number of piperidine rings is 1. The molecule has 1 amide bonds. The van der Waals surface area contributed by atoms with Crippen LogP contribution in [0.1, 0.15) is 36.2 Å². The lowest BCUT2D eigenvalue weighted by Gasteiger charge is -2.45. The van der Waals surface area contributed by atoms with Gasteiger partial charge in [-0.05, 0) is 31.4 Å². The third-order valence-corrected chi connectivity index (χ3v) is 5.50. The van der Waals surface area contributed by atoms with Gasteiger partial charge in [0.05, 0.1) is 24.5 Å². The summed E-state index contributed by atoms with van der Waals surface area (Å²) in [5.41, 5.74) is -0.193. The van der Waals surface area contributed by atoms with Crippen LogP contribution in [-0.2, 0) is 9.47 Å². The van der Waals surface area contributed by atoms with Crippen LogP contribution in [0.3, 0.4) is 0 Å². The minimum absolute atomic E-state index is 0.103. The van der Waals surface area contributed by atoms with Crippen LogP contribution in [0.2, 0.25) is 0 Å². The van der Waals surface area contributed by atoms with Gasteiger partial charge in [-0.25, -0.2) is 4.98 Å². The lowest BCUT2D eigenvalue weighted by Crippen LogP contribution is -2.52. The number of carbonyl (C=O) groups excluding carboxylic acids is 1. The fourth-order valence-electron chi connectivity index (χ4n) is 3.96. The molecular formula is C21H26N2O5. The third kappa shape index (κ3) is 4.54. The Kier molecular flexibility index (Phi) is 5.92. The number of likely N-dealkylation sites (tertiary alicyclic amines) is 1. The number of oxazole rings is 1. The van der Waals surface area contributed by atoms with E-state index in [9.17, 15) is 4.79 Å². The number of para-hydroxylation sites is 1. The molecule has 0 radical (unpaired) electrons. The highest BCUT2D eigenvalue weighted by Gasteiger charge is 2.41. The second kappa shape index (κ2) is 8.75. The van der Waals surface area contributed by atoms with Gasteiger partial charge in [0, 0.05) is 26.1 Å². The standard InChI is InChI=1S/C21H26N2O5/c24-20(19-15-22-16-27-19)23-9-7-21(8-10-23)14-18(6-11-28-21)26-13-12-25-17-4-2-1-3-5-17/h1-5,15-16,18H,6-14H2. The van der Waals surface area contributed by atoms with Gasteiger partial charge in [0.15, 0.2) is 6.39 Å². The van der Waals surface area contributed by atoms with Gasteiger partial charge in [-0.15, -0.1) is 0 Å². The molecule has 4 rings (SSSR count). The molecule has 1 aromatic carbocycles. The summed E-state index contributed by atoms with van der Waals surface area (Å²) in [6.45, 7) is 3.10. The highest BCUT2D eigenvalue weighted by molar-refractivity contribution is 5.91. The number of rotatable bonds is 6. The average Bonchev–Trinajstić information content (AvgIpc) is 3.27. The molecule has 150 valence electrons. The summed E-state index contributed by atoms with van der Waals surface area (Å²) < 4.78 is 23.0. The molecule has 7 heteroatoms. The van der Waals surface area contributed by atoms with Crippen molar-refractivity contribution < 1.29 is 23.4 Å². The molecule has 1 aromatic heterocycles. The van der Waals surface area contributed by atoms with Crippen molar-refractivity contribution in [3.05, 3.63) is 48.7 Å². The first-order valence-electron chi connectivity index (χ1n) is 9.85. The molecule has 0 N–H and O–H groups in total. The van der Waals surface area contributed by atoms with Gasteiger partial charge in [-0.1, -0.05) is 18.2 Å². The molecule has 1 unspecified atom stereocenters. The molecule has 28 heavy (non-hydrogen) atoms. The van der Waals surface area contributed by atoms with Crippen molar-refractivity contribution in [2.45, 2.75) is 37.4 Å². The quantitative estimate of drug-likeness (QED) is 0.711. The van der Waals surface area contributed by atoms with Crippen LogP contribution < -0.4 is 4.74 Å². The smallest absolute Gasteiger partial charge is 0.291 e. The van der Waals surface area contributed by atoms with Gasteiger partial charge in [-0.3, -0.25) is 4.79 Å². The molecule has 3 heterocycles. The van der Waals surface area contributed by atoms with E-state index >= 15 is 0 Å². The molecule has 0 bridgehead atoms. The van der Waals surface area contributed by atoms with Crippen LogP contribution in [0.25, 0.3) is 0 Å². The summed E-state index contributed by atoms with van der Waals surface area (Å²) in [5, 5.41) is 0. The fourth-order valence-corrected chi connectivity index (χ4v) is 3.96. The summed E-state index contributed by atoms with van der Waals surface area (Å²) >= 11 is 0. The van der Waals surface area contributed by atoms with Gasteiger partial charge in [0.25, 0.3) is 5.91 Å². The van der Waals surface area contributed by atoms with E-state index in [2.05, 4.69) is 4.98 Å². The van der Waals surface area contributed by atoms with Crippen LogP contribution >= 0.6 is 0 Å². The Morgan fingerprint density at radius 2 is 2.04 bits per heavy atom. The number of carbonyl (C=O) groups is 1. The van der Waals surface area contributed by atoms with Crippen LogP contribution in [-0.4, -0.2) is 60.4 Å². The number of aromatic nitrogens is 1. The minimum atomic E-state index is -0.193. The van der Waals surface area contributed by atoms with Crippen LogP contribution in [0.5, 0.6) is 5.75 Å². The monoisotopic (exact) mass is 386 g/mol. The third-order valence-electron chi connectivity index (χ3n) is 5.50. The lowest BCUT2D eigenvalue weighted by molar-refractivity contribution is -0.153. The number of hydrogen-bond acceptors (Lipinski definition) is 6. The summed E-state index contributed by atoms with van der Waals surface area (Å²) in [4.78, 5) is 18.0. The van der Waals surface area contributed by atoms with Gasteiger partial charge in [0.2, 0.25) is 5.76 Å². The topological polar surface area (TPSA) is 74.0 Å². The summed E-state index contributed by atoms with van der Waals surface area (Å²) in [6.07, 6.45) is 6.30. The Labute approximate surface area is 164 Å². The molecule has 2 aliphatic heterocycles. The maximum Gasteiger partial charge on any atom is 0.291 e. The van der Waals surface area contributed by atoms with E-state index in [1.54, 1.807) is 0 Å². The van der Waals surface area contributed by atoms with Crippen LogP contribution in [0.15, 0.2) is 47.3 Å². The normalized spacial score (nSPS) is 21.6. The van der Waals surface area contributed by atoms with Crippen molar-refractivity contribution in [2.75, 3.05) is 32.9 Å². The first kappa shape index (κ1) is 19.0. The van der Waals surface area contributed by atoms with E-state index in [0.29, 0.717) is 38.7 Å². The number of benzene rings is 1. The Morgan fingerprint density at radius 3 is 2.79 bits per heavy atom. The Bertz CT molecular complexity index is 741. The molecule has 2 aromatic rings. The van der Waals surface area contributed by atoms with Crippen molar-refractivity contribution in [3.8, 4) is 5.75 Å². The van der Waals surface area contributed by atoms with E-state index in [1.165, 1.54) is 12.6 Å². The Morgan fingerprint density at radius 1 is 1.21 bits per heavy atom. The van der Waals surface area contributed by atoms with Gasteiger partial charge >= 0.3 is 0 Å². The highest BCUT2D eigenvalue weighted by atomic mass is 16.5. The zero-order valence-electron chi connectivity index (χ0n) is 15.9. The van der Waals surface area contributed by atoms with Crippen LogP contribution in [0, 0.1) is 0 Å². The second-order valence-electron chi connectivity index (χ2n) is 7.34. The van der Waals surface area contributed by atoms with Crippen molar-refractivity contribution in [3.63, 3.8) is 0 Å². The zero-order chi connectivity index (χ0) is 19.2. The minimum Gasteiger partial charge on any atom is -0.491 e. The van der Waals surface area contributed by atoms with Crippen molar-refractivity contribution in [1.82, 2.24) is 9.88 Å². The highest BCUT2D eigenvalue weighted by Crippen LogP contribution is 2.36. The van der Waals surface area contributed by atoms with Crippen LogP contribution in [0.4, 0.5) is 0 Å². The lowest BCUT2D eigenvalue weighted by atomic mass is 9.83. The molecule has 0 aliphatic carbocycles. The summed E-state index contributed by atoms with van der Waals surface area (Å²) in [7, 11) is 0. The van der Waals surface area contributed by atoms with E-state index < -0.39 is 0 Å². The number of amides is 1. The Hall–Kier alpha value is -2.38. The molecule has 2 aliphatic rings. The first-order valence-corrected chi connectivity index (χ1v) is 9.85. The molecular weight excluding hydrogens is 360 g/mol. The van der Waals surface area contributed by atoms with Crippen molar-refractivity contribution in [1.29, 1.82) is 0 Å². The van der Waals surface area contributed by atoms with E-state index in [4.69, 9.17) is 18.6 Å². The first-order chi connectivity index (χ1) is 13.7. The predicted molar refractivity (Wildman–Crippen MR) is 101 cm³/mol. The molecule has 2 fully saturated rings. The molecule has 0 saturated carbocycles. The van der Waals surface area contributed by atoms with E-state index in [1.807, 2.05) is 35.2 Å². The van der Waals surface area contributed by atoms with E-state index in [0.717, 1.165) is 31.4 Å². The molecule has 1 atom stereocenters. The zero-order valence-corrected chi connectivity index (χ0v) is 15.9. The second-order valence-corrected chi connectivity index (χ2v) is 7.34. The van der Waals surface area contributed by atoms with Gasteiger partial charge in [-0.2, -0.15) is 0 Å². The van der Waals surface area contributed by atoms with Gasteiger partial charge < -0.3 is 23.5 Å². The van der Waals surface area contributed by atoms with E-state index in [-0.39, 0.29) is 17.6 Å². The predicted octanol–water partition coefficient (Wildman–Crippen LogP) is 2.92. The number of hydrogen-bond donors (Lipinski definition) is 0. The van der Waals surface area contributed by atoms with Gasteiger partial charge in [0.1, 0.15) is 12.4 Å². The molecule has 7 nitrogen and oxygen atoms in total. The summed E-state index contributed by atoms with van der Waals surface area (Å²) in [6, 6.07) is 9.76. The van der Waals surface area contributed by atoms with Crippen molar-refractivity contribution in [2.24, 2.45) is 0 Å². The number of nitrogens with zero attached hydrogens (tertiary/aromatic N) is 2. The molecule has 1 spiro atoms. The number of ether oxygens (including phenoxy) is 3. The van der Waals surface area contributed by atoms with Crippen molar-refractivity contribution >= 4 is 5.91 Å². The Balaban J connectivity index is 1.22. The maximum atomic E-state index is 12.4. The maximum absolute atomic E-state index is 12.4. The average molecular weight is 386 g/mol. The summed E-state index contributed by atoms with van der Waals surface area (Å²) in [5.74, 6) is 1.05. The molecule has 2 saturated heterocycles.